The number of methoxy groups -OCH3 is 1. The van der Waals surface area contributed by atoms with Gasteiger partial charge in [0.2, 0.25) is 0 Å². The largest absolute Gasteiger partial charge is 0.496 e. The molecule has 2 rings (SSSR count). The van der Waals surface area contributed by atoms with Crippen molar-refractivity contribution >= 4 is 11.6 Å². The van der Waals surface area contributed by atoms with Crippen molar-refractivity contribution in [2.24, 2.45) is 0 Å². The first-order valence-corrected chi connectivity index (χ1v) is 7.53. The van der Waals surface area contributed by atoms with Crippen LogP contribution in [-0.4, -0.2) is 18.3 Å². The Morgan fingerprint density at radius 1 is 1.14 bits per heavy atom. The van der Waals surface area contributed by atoms with Crippen molar-refractivity contribution in [1.29, 1.82) is 0 Å². The zero-order valence-corrected chi connectivity index (χ0v) is 13.2. The Morgan fingerprint density at radius 2 is 1.86 bits per heavy atom. The Labute approximate surface area is 131 Å². The van der Waals surface area contributed by atoms with Crippen LogP contribution in [0.2, 0.25) is 5.02 Å². The zero-order valence-electron chi connectivity index (χ0n) is 12.4. The molecule has 0 radical (unpaired) electrons. The second-order valence-electron chi connectivity index (χ2n) is 5.36. The van der Waals surface area contributed by atoms with Crippen molar-refractivity contribution in [1.82, 2.24) is 0 Å². The van der Waals surface area contributed by atoms with Gasteiger partial charge in [-0.3, -0.25) is 0 Å². The van der Waals surface area contributed by atoms with Crippen LogP contribution in [-0.2, 0) is 6.42 Å². The number of benzene rings is 2. The average Bonchev–Trinajstić information content (AvgIpc) is 2.48. The quantitative estimate of drug-likeness (QED) is 0.854. The van der Waals surface area contributed by atoms with E-state index in [1.54, 1.807) is 13.2 Å². The van der Waals surface area contributed by atoms with Crippen LogP contribution in [0.1, 0.15) is 30.4 Å². The van der Waals surface area contributed by atoms with Crippen LogP contribution in [0.4, 0.5) is 0 Å². The monoisotopic (exact) mass is 304 g/mol. The number of hydrogen-bond donors (Lipinski definition) is 1. The van der Waals surface area contributed by atoms with E-state index >= 15 is 0 Å². The predicted octanol–water partition coefficient (Wildman–Crippen LogP) is 4.45. The number of rotatable bonds is 6. The summed E-state index contributed by atoms with van der Waals surface area (Å²) in [5.41, 5.74) is 2.19. The highest BCUT2D eigenvalue weighted by Gasteiger charge is 2.15. The second-order valence-corrected chi connectivity index (χ2v) is 5.80. The summed E-state index contributed by atoms with van der Waals surface area (Å²) in [6.45, 7) is 2.13. The smallest absolute Gasteiger partial charge is 0.122 e. The molecule has 0 spiro atoms. The first-order valence-electron chi connectivity index (χ1n) is 7.15. The summed E-state index contributed by atoms with van der Waals surface area (Å²) in [6.07, 6.45) is 0.827. The van der Waals surface area contributed by atoms with Gasteiger partial charge in [-0.25, -0.2) is 0 Å². The van der Waals surface area contributed by atoms with E-state index in [1.165, 1.54) is 5.56 Å². The maximum atomic E-state index is 10.3. The normalized spacial score (nSPS) is 13.7. The topological polar surface area (TPSA) is 29.5 Å². The van der Waals surface area contributed by atoms with Crippen molar-refractivity contribution in [3.05, 3.63) is 64.7 Å². The Hall–Kier alpha value is -1.51. The fraction of sp³-hybridized carbons (Fsp3) is 0.333. The van der Waals surface area contributed by atoms with Gasteiger partial charge in [0.15, 0.2) is 0 Å². The summed E-state index contributed by atoms with van der Waals surface area (Å²) < 4.78 is 5.32. The third-order valence-electron chi connectivity index (χ3n) is 3.69. The van der Waals surface area contributed by atoms with Gasteiger partial charge >= 0.3 is 0 Å². The summed E-state index contributed by atoms with van der Waals surface area (Å²) in [4.78, 5) is 0. The van der Waals surface area contributed by atoms with Gasteiger partial charge in [0.1, 0.15) is 5.75 Å². The lowest BCUT2D eigenvalue weighted by molar-refractivity contribution is 0.156. The molecule has 2 nitrogen and oxygen atoms in total. The highest BCUT2D eigenvalue weighted by Crippen LogP contribution is 2.27. The molecular weight excluding hydrogens is 284 g/mol. The SMILES string of the molecule is COc1ccc(Cl)cc1CC(O)CC(C)c1ccccc1. The third-order valence-corrected chi connectivity index (χ3v) is 3.93. The highest BCUT2D eigenvalue weighted by molar-refractivity contribution is 6.30. The Kier molecular flexibility index (Phi) is 5.66. The maximum Gasteiger partial charge on any atom is 0.122 e. The lowest BCUT2D eigenvalue weighted by Crippen LogP contribution is -2.14. The standard InChI is InChI=1S/C18H21ClO2/c1-13(14-6-4-3-5-7-14)10-17(20)12-15-11-16(19)8-9-18(15)21-2/h3-9,11,13,17,20H,10,12H2,1-2H3. The van der Waals surface area contributed by atoms with Crippen LogP contribution < -0.4 is 4.74 Å². The van der Waals surface area contributed by atoms with Gasteiger partial charge in [-0.05, 0) is 41.7 Å². The number of hydrogen-bond acceptors (Lipinski definition) is 2. The van der Waals surface area contributed by atoms with E-state index in [4.69, 9.17) is 16.3 Å². The van der Waals surface area contributed by atoms with Gasteiger partial charge in [-0.1, -0.05) is 48.9 Å². The van der Waals surface area contributed by atoms with Gasteiger partial charge in [-0.15, -0.1) is 0 Å². The lowest BCUT2D eigenvalue weighted by atomic mass is 9.92. The molecule has 2 unspecified atom stereocenters. The maximum absolute atomic E-state index is 10.3. The molecule has 2 atom stereocenters. The second kappa shape index (κ2) is 7.48. The molecule has 0 saturated carbocycles. The first-order chi connectivity index (χ1) is 10.1. The summed E-state index contributed by atoms with van der Waals surface area (Å²) in [6, 6.07) is 15.7. The van der Waals surface area contributed by atoms with E-state index in [1.807, 2.05) is 30.3 Å². The van der Waals surface area contributed by atoms with Gasteiger partial charge in [0.05, 0.1) is 13.2 Å². The summed E-state index contributed by atoms with van der Waals surface area (Å²) in [5.74, 6) is 1.08. The molecule has 0 fully saturated rings. The minimum absolute atomic E-state index is 0.311. The molecule has 2 aromatic rings. The minimum atomic E-state index is -0.424. The zero-order chi connectivity index (χ0) is 15.2. The van der Waals surface area contributed by atoms with Crippen LogP contribution in [0.5, 0.6) is 5.75 Å². The molecule has 0 aliphatic rings. The van der Waals surface area contributed by atoms with Crippen LogP contribution >= 0.6 is 11.6 Å². The van der Waals surface area contributed by atoms with Crippen molar-refractivity contribution in [3.63, 3.8) is 0 Å². The molecule has 21 heavy (non-hydrogen) atoms. The number of halogens is 1. The van der Waals surface area contributed by atoms with E-state index < -0.39 is 6.10 Å². The Morgan fingerprint density at radius 3 is 2.52 bits per heavy atom. The molecule has 112 valence electrons. The van der Waals surface area contributed by atoms with Gasteiger partial charge in [0, 0.05) is 11.4 Å². The average molecular weight is 305 g/mol. The lowest BCUT2D eigenvalue weighted by Gasteiger charge is -2.18. The molecule has 0 amide bonds. The third kappa shape index (κ3) is 4.48. The minimum Gasteiger partial charge on any atom is -0.496 e. The number of aliphatic hydroxyl groups is 1. The fourth-order valence-corrected chi connectivity index (χ4v) is 2.76. The van der Waals surface area contributed by atoms with Gasteiger partial charge in [0.25, 0.3) is 0 Å². The van der Waals surface area contributed by atoms with Crippen molar-refractivity contribution in [3.8, 4) is 5.75 Å². The fourth-order valence-electron chi connectivity index (χ4n) is 2.57. The van der Waals surface area contributed by atoms with Crippen molar-refractivity contribution < 1.29 is 9.84 Å². The number of aliphatic hydroxyl groups excluding tert-OH is 1. The first kappa shape index (κ1) is 15.9. The molecular formula is C18H21ClO2. The summed E-state index contributed by atoms with van der Waals surface area (Å²) in [7, 11) is 1.63. The Balaban J connectivity index is 2.02. The van der Waals surface area contributed by atoms with E-state index in [-0.39, 0.29) is 0 Å². The molecule has 2 aromatic carbocycles. The van der Waals surface area contributed by atoms with Gasteiger partial charge < -0.3 is 9.84 Å². The van der Waals surface area contributed by atoms with Crippen molar-refractivity contribution in [2.75, 3.05) is 7.11 Å². The molecule has 0 saturated heterocycles. The molecule has 0 aromatic heterocycles. The van der Waals surface area contributed by atoms with Crippen LogP contribution in [0.15, 0.2) is 48.5 Å². The van der Waals surface area contributed by atoms with E-state index in [0.29, 0.717) is 23.8 Å². The summed E-state index contributed by atoms with van der Waals surface area (Å²) >= 11 is 6.02. The van der Waals surface area contributed by atoms with E-state index in [9.17, 15) is 5.11 Å². The van der Waals surface area contributed by atoms with Gasteiger partial charge in [-0.2, -0.15) is 0 Å². The predicted molar refractivity (Wildman–Crippen MR) is 87.2 cm³/mol. The molecule has 0 aliphatic heterocycles. The van der Waals surface area contributed by atoms with Crippen LogP contribution in [0.25, 0.3) is 0 Å². The Bertz CT molecular complexity index is 569. The molecule has 0 aliphatic carbocycles. The molecule has 0 bridgehead atoms. The number of ether oxygens (including phenoxy) is 1. The molecule has 1 N–H and O–H groups in total. The van der Waals surface area contributed by atoms with Crippen LogP contribution in [0, 0.1) is 0 Å². The molecule has 0 heterocycles. The highest BCUT2D eigenvalue weighted by atomic mass is 35.5. The molecule has 3 heteroatoms. The summed E-state index contributed by atoms with van der Waals surface area (Å²) in [5, 5.41) is 11.0. The van der Waals surface area contributed by atoms with E-state index in [0.717, 1.165) is 11.3 Å². The van der Waals surface area contributed by atoms with Crippen LogP contribution in [0.3, 0.4) is 0 Å². The van der Waals surface area contributed by atoms with E-state index in [2.05, 4.69) is 19.1 Å². The van der Waals surface area contributed by atoms with Crippen molar-refractivity contribution in [2.45, 2.75) is 31.8 Å².